The van der Waals surface area contributed by atoms with Crippen molar-refractivity contribution >= 4 is 31.7 Å². The lowest BCUT2D eigenvalue weighted by Crippen LogP contribution is -2.09. The Morgan fingerprint density at radius 1 is 1.29 bits per heavy atom. The molecule has 1 aromatic carbocycles. The number of aryl methyl sites for hydroxylation is 1. The number of hydrogen-bond acceptors (Lipinski definition) is 4. The quantitative estimate of drug-likeness (QED) is 0.851. The molecular weight excluding hydrogens is 262 g/mol. The van der Waals surface area contributed by atoms with Crippen molar-refractivity contribution in [1.29, 1.82) is 0 Å². The highest BCUT2D eigenvalue weighted by Crippen LogP contribution is 2.18. The van der Waals surface area contributed by atoms with Crippen LogP contribution in [0.25, 0.3) is 10.2 Å². The predicted molar refractivity (Wildman–Crippen MR) is 65.1 cm³/mol. The minimum absolute atomic E-state index is 0. The van der Waals surface area contributed by atoms with Crippen LogP contribution >= 0.6 is 11.3 Å². The van der Waals surface area contributed by atoms with E-state index in [0.717, 1.165) is 15.2 Å². The minimum Gasteiger partial charge on any atom is -0.870 e. The summed E-state index contributed by atoms with van der Waals surface area (Å²) in [7, 11) is -3.83. The van der Waals surface area contributed by atoms with Crippen LogP contribution in [0.3, 0.4) is 0 Å². The van der Waals surface area contributed by atoms with Crippen molar-refractivity contribution in [3.05, 3.63) is 29.3 Å². The first-order chi connectivity index (χ1) is 7.54. The van der Waals surface area contributed by atoms with Crippen molar-refractivity contribution in [3.8, 4) is 0 Å². The van der Waals surface area contributed by atoms with E-state index < -0.39 is 10.1 Å². The zero-order valence-electron chi connectivity index (χ0n) is 8.96. The van der Waals surface area contributed by atoms with Gasteiger partial charge in [0, 0.05) is 12.5 Å². The Balaban J connectivity index is 0.00000144. The summed E-state index contributed by atoms with van der Waals surface area (Å²) >= 11 is 1.62. The molecule has 0 fully saturated rings. The van der Waals surface area contributed by atoms with Crippen molar-refractivity contribution in [2.45, 2.75) is 12.8 Å². The molecule has 2 rings (SSSR count). The number of benzene rings is 1. The van der Waals surface area contributed by atoms with Crippen molar-refractivity contribution in [2.24, 2.45) is 0 Å². The van der Waals surface area contributed by atoms with Crippen molar-refractivity contribution in [1.82, 2.24) is 0 Å². The van der Waals surface area contributed by atoms with Crippen molar-refractivity contribution in [2.75, 3.05) is 5.75 Å². The maximum Gasteiger partial charge on any atom is 0.264 e. The number of fused-ring (bicyclic) bond motifs is 1. The molecule has 7 heteroatoms. The lowest BCUT2D eigenvalue weighted by Gasteiger charge is -1.91. The molecule has 1 heterocycles. The summed E-state index contributed by atoms with van der Waals surface area (Å²) in [5.41, 5.74) is 1.06. The minimum atomic E-state index is -3.83. The number of aromatic amines is 1. The maximum atomic E-state index is 10.5. The van der Waals surface area contributed by atoms with E-state index in [1.54, 1.807) is 11.3 Å². The fraction of sp³-hybridized carbons (Fsp3) is 0.300. The number of para-hydroxylation sites is 1. The monoisotopic (exact) mass is 275 g/mol. The molecule has 0 aliphatic heterocycles. The first kappa shape index (κ1) is 14.0. The Kier molecular flexibility index (Phi) is 4.58. The van der Waals surface area contributed by atoms with Gasteiger partial charge in [0.1, 0.15) is 4.70 Å². The van der Waals surface area contributed by atoms with Crippen LogP contribution < -0.4 is 4.98 Å². The molecule has 0 amide bonds. The van der Waals surface area contributed by atoms with E-state index >= 15 is 0 Å². The van der Waals surface area contributed by atoms with E-state index in [2.05, 4.69) is 4.98 Å². The van der Waals surface area contributed by atoms with E-state index in [0.29, 0.717) is 12.8 Å². The lowest BCUT2D eigenvalue weighted by molar-refractivity contribution is -0.350. The van der Waals surface area contributed by atoms with Crippen LogP contribution in [0.15, 0.2) is 24.3 Å². The standard InChI is InChI=1S/C10H11NO3S2.H2O/c12-16(13,14)7-3-6-10-11-8-4-1-2-5-9(8)15-10;/h1-2,4-5H,3,6-7H2,(H,12,13,14);1H2. The van der Waals surface area contributed by atoms with Gasteiger partial charge in [-0.1, -0.05) is 23.5 Å². The molecule has 0 aliphatic carbocycles. The third-order valence-electron chi connectivity index (χ3n) is 2.20. The maximum absolute atomic E-state index is 10.5. The van der Waals surface area contributed by atoms with Gasteiger partial charge in [0.15, 0.2) is 0 Å². The second kappa shape index (κ2) is 5.54. The molecule has 0 unspecified atom stereocenters. The van der Waals surface area contributed by atoms with Gasteiger partial charge >= 0.3 is 0 Å². The largest absolute Gasteiger partial charge is 0.870 e. The molecule has 1 aromatic heterocycles. The molecule has 0 atom stereocenters. The smallest absolute Gasteiger partial charge is 0.264 e. The first-order valence-corrected chi connectivity index (χ1v) is 7.32. The van der Waals surface area contributed by atoms with E-state index in [4.69, 9.17) is 4.55 Å². The molecule has 0 radical (unpaired) electrons. The van der Waals surface area contributed by atoms with Gasteiger partial charge in [-0.05, 0) is 12.5 Å². The third-order valence-corrected chi connectivity index (χ3v) is 4.13. The molecule has 0 saturated heterocycles. The zero-order valence-corrected chi connectivity index (χ0v) is 10.6. The summed E-state index contributed by atoms with van der Waals surface area (Å²) < 4.78 is 30.8. The van der Waals surface area contributed by atoms with Crippen LogP contribution in [0.1, 0.15) is 11.4 Å². The summed E-state index contributed by atoms with van der Waals surface area (Å²) in [5, 5.41) is 1.03. The number of H-pyrrole nitrogens is 1. The topological polar surface area (TPSA) is 98.5 Å². The van der Waals surface area contributed by atoms with Crippen LogP contribution in [-0.2, 0) is 16.5 Å². The van der Waals surface area contributed by atoms with Gasteiger partial charge in [-0.3, -0.25) is 4.55 Å². The summed E-state index contributed by atoms with van der Waals surface area (Å²) in [6.45, 7) is 0. The second-order valence-electron chi connectivity index (χ2n) is 3.54. The number of hydrogen-bond donors (Lipinski definition) is 1. The average Bonchev–Trinajstić information content (AvgIpc) is 2.57. The lowest BCUT2D eigenvalue weighted by atomic mass is 10.3. The van der Waals surface area contributed by atoms with Gasteiger partial charge in [0.25, 0.3) is 10.1 Å². The second-order valence-corrected chi connectivity index (χ2v) is 6.24. The van der Waals surface area contributed by atoms with Gasteiger partial charge in [-0.2, -0.15) is 13.4 Å². The highest BCUT2D eigenvalue weighted by Gasteiger charge is 2.11. The molecule has 0 saturated carbocycles. The molecule has 0 bridgehead atoms. The normalized spacial score (nSPS) is 11.4. The summed E-state index contributed by atoms with van der Waals surface area (Å²) in [6.07, 6.45) is 1.07. The van der Waals surface area contributed by atoms with Crippen LogP contribution in [0, 0.1) is 0 Å². The number of nitrogens with one attached hydrogen (secondary N) is 1. The first-order valence-electron chi connectivity index (χ1n) is 4.89. The van der Waals surface area contributed by atoms with Crippen LogP contribution in [-0.4, -0.2) is 24.2 Å². The summed E-state index contributed by atoms with van der Waals surface area (Å²) in [4.78, 5) is 3.22. The van der Waals surface area contributed by atoms with Gasteiger partial charge in [0.05, 0.1) is 5.75 Å². The SMILES string of the molecule is O=S(=O)(O)CCCc1[nH+]c2ccccc2s1.[OH-]. The Hall–Kier alpha value is -1.02. The summed E-state index contributed by atoms with van der Waals surface area (Å²) in [5.74, 6) is -0.185. The number of thiazole rings is 1. The van der Waals surface area contributed by atoms with Crippen LogP contribution in [0.5, 0.6) is 0 Å². The number of aromatic nitrogens is 1. The van der Waals surface area contributed by atoms with E-state index in [1.165, 1.54) is 0 Å². The van der Waals surface area contributed by atoms with E-state index in [9.17, 15) is 8.42 Å². The Morgan fingerprint density at radius 3 is 2.65 bits per heavy atom. The molecule has 94 valence electrons. The molecule has 0 spiro atoms. The highest BCUT2D eigenvalue weighted by molar-refractivity contribution is 7.85. The van der Waals surface area contributed by atoms with Gasteiger partial charge < -0.3 is 5.48 Å². The van der Waals surface area contributed by atoms with E-state index in [-0.39, 0.29) is 11.2 Å². The van der Waals surface area contributed by atoms with Crippen LogP contribution in [0.4, 0.5) is 0 Å². The fourth-order valence-electron chi connectivity index (χ4n) is 1.50. The van der Waals surface area contributed by atoms with Crippen LogP contribution in [0.2, 0.25) is 0 Å². The van der Waals surface area contributed by atoms with Crippen molar-refractivity contribution < 1.29 is 23.4 Å². The molecular formula is C10H13NO4S2. The van der Waals surface area contributed by atoms with E-state index in [1.807, 2.05) is 24.3 Å². The Bertz CT molecular complexity index is 558. The highest BCUT2D eigenvalue weighted by atomic mass is 32.2. The Morgan fingerprint density at radius 2 is 2.00 bits per heavy atom. The zero-order chi connectivity index (χ0) is 11.6. The third kappa shape index (κ3) is 4.04. The summed E-state index contributed by atoms with van der Waals surface area (Å²) in [6, 6.07) is 7.92. The Labute approximate surface area is 103 Å². The van der Waals surface area contributed by atoms with Crippen molar-refractivity contribution in [3.63, 3.8) is 0 Å². The number of rotatable bonds is 4. The van der Waals surface area contributed by atoms with Gasteiger partial charge in [0.2, 0.25) is 10.5 Å². The van der Waals surface area contributed by atoms with Gasteiger partial charge in [-0.25, -0.2) is 0 Å². The molecule has 17 heavy (non-hydrogen) atoms. The molecule has 3 N–H and O–H groups in total. The average molecular weight is 275 g/mol. The molecule has 2 aromatic rings. The van der Waals surface area contributed by atoms with Gasteiger partial charge in [-0.15, -0.1) is 0 Å². The molecule has 5 nitrogen and oxygen atoms in total. The predicted octanol–water partition coefficient (Wildman–Crippen LogP) is 1.36. The molecule has 0 aliphatic rings. The fourth-order valence-corrected chi connectivity index (χ4v) is 3.05.